The van der Waals surface area contributed by atoms with Gasteiger partial charge in [-0.3, -0.25) is 13.9 Å². The van der Waals surface area contributed by atoms with E-state index in [4.69, 9.17) is 0 Å². The lowest BCUT2D eigenvalue weighted by Gasteiger charge is -2.32. The van der Waals surface area contributed by atoms with Crippen molar-refractivity contribution in [3.05, 3.63) is 95.6 Å². The van der Waals surface area contributed by atoms with Gasteiger partial charge in [-0.25, -0.2) is 8.42 Å². The molecule has 0 heterocycles. The van der Waals surface area contributed by atoms with Crippen LogP contribution in [-0.4, -0.2) is 44.3 Å². The Hall–Kier alpha value is -3.65. The van der Waals surface area contributed by atoms with Crippen molar-refractivity contribution in [1.82, 2.24) is 10.2 Å². The van der Waals surface area contributed by atoms with Crippen LogP contribution in [0.15, 0.2) is 83.8 Å². The number of rotatable bonds is 10. The highest BCUT2D eigenvalue weighted by atomic mass is 32.2. The summed E-state index contributed by atoms with van der Waals surface area (Å²) in [5.74, 6) is -0.773. The first-order valence-electron chi connectivity index (χ1n) is 11.9. The summed E-state index contributed by atoms with van der Waals surface area (Å²) >= 11 is 0. The molecular formula is C28H33N3O4S. The van der Waals surface area contributed by atoms with E-state index in [-0.39, 0.29) is 17.3 Å². The topological polar surface area (TPSA) is 86.8 Å². The van der Waals surface area contributed by atoms with Crippen LogP contribution >= 0.6 is 0 Å². The second-order valence-electron chi connectivity index (χ2n) is 8.68. The number of benzene rings is 3. The van der Waals surface area contributed by atoms with Crippen LogP contribution in [0.3, 0.4) is 0 Å². The first-order chi connectivity index (χ1) is 17.1. The van der Waals surface area contributed by atoms with E-state index in [0.29, 0.717) is 12.2 Å². The highest BCUT2D eigenvalue weighted by Crippen LogP contribution is 2.25. The van der Waals surface area contributed by atoms with E-state index in [0.717, 1.165) is 21.0 Å². The summed E-state index contributed by atoms with van der Waals surface area (Å²) < 4.78 is 28.5. The summed E-state index contributed by atoms with van der Waals surface area (Å²) in [6.45, 7) is 7.42. The zero-order chi connectivity index (χ0) is 26.3. The zero-order valence-corrected chi connectivity index (χ0v) is 22.0. The van der Waals surface area contributed by atoms with Gasteiger partial charge in [-0.1, -0.05) is 54.6 Å². The lowest BCUT2D eigenvalue weighted by Crippen LogP contribution is -2.51. The minimum Gasteiger partial charge on any atom is -0.355 e. The predicted molar refractivity (Wildman–Crippen MR) is 142 cm³/mol. The average molecular weight is 508 g/mol. The maximum absolute atomic E-state index is 13.8. The van der Waals surface area contributed by atoms with Gasteiger partial charge in [0.25, 0.3) is 10.0 Å². The van der Waals surface area contributed by atoms with E-state index in [9.17, 15) is 18.0 Å². The minimum absolute atomic E-state index is 0.0848. The first-order valence-corrected chi connectivity index (χ1v) is 13.3. The Bertz CT molecular complexity index is 1310. The van der Waals surface area contributed by atoms with Crippen molar-refractivity contribution in [2.45, 2.75) is 45.2 Å². The second-order valence-corrected chi connectivity index (χ2v) is 10.5. The molecule has 0 aliphatic carbocycles. The highest BCUT2D eigenvalue weighted by molar-refractivity contribution is 7.92. The maximum Gasteiger partial charge on any atom is 0.264 e. The van der Waals surface area contributed by atoms with Crippen molar-refractivity contribution in [3.63, 3.8) is 0 Å². The van der Waals surface area contributed by atoms with Crippen LogP contribution in [0.2, 0.25) is 0 Å². The number of anilines is 1. The number of sulfonamides is 1. The Morgan fingerprint density at radius 2 is 1.58 bits per heavy atom. The van der Waals surface area contributed by atoms with E-state index >= 15 is 0 Å². The normalized spacial score (nSPS) is 12.0. The quantitative estimate of drug-likeness (QED) is 0.449. The van der Waals surface area contributed by atoms with Gasteiger partial charge >= 0.3 is 0 Å². The number of nitrogens with one attached hydrogen (secondary N) is 1. The molecule has 3 aromatic rings. The maximum atomic E-state index is 13.8. The van der Waals surface area contributed by atoms with Gasteiger partial charge in [-0.2, -0.15) is 0 Å². The Morgan fingerprint density at radius 3 is 2.22 bits per heavy atom. The molecule has 2 amide bonds. The largest absolute Gasteiger partial charge is 0.355 e. The molecule has 8 heteroatoms. The molecule has 3 aromatic carbocycles. The molecule has 0 spiro atoms. The molecule has 0 bridgehead atoms. The van der Waals surface area contributed by atoms with E-state index in [2.05, 4.69) is 5.32 Å². The molecular weight excluding hydrogens is 474 g/mol. The van der Waals surface area contributed by atoms with Crippen molar-refractivity contribution >= 4 is 27.5 Å². The Morgan fingerprint density at radius 1 is 0.917 bits per heavy atom. The summed E-state index contributed by atoms with van der Waals surface area (Å²) in [5.41, 5.74) is 3.11. The number of hydrogen-bond donors (Lipinski definition) is 1. The number of likely N-dealkylation sites (N-methyl/N-ethyl adjacent to an activating group) is 1. The summed E-state index contributed by atoms with van der Waals surface area (Å²) in [4.78, 5) is 28.1. The Labute approximate surface area is 213 Å². The summed E-state index contributed by atoms with van der Waals surface area (Å²) in [6, 6.07) is 21.9. The van der Waals surface area contributed by atoms with Crippen molar-refractivity contribution in [2.75, 3.05) is 17.4 Å². The van der Waals surface area contributed by atoms with Crippen LogP contribution in [0.25, 0.3) is 0 Å². The number of hydrogen-bond acceptors (Lipinski definition) is 4. The smallest absolute Gasteiger partial charge is 0.264 e. The number of carbonyl (C=O) groups is 2. The van der Waals surface area contributed by atoms with E-state index in [1.807, 2.05) is 51.1 Å². The molecule has 1 N–H and O–H groups in total. The third kappa shape index (κ3) is 6.31. The summed E-state index contributed by atoms with van der Waals surface area (Å²) in [5, 5.41) is 2.76. The molecule has 0 fully saturated rings. The van der Waals surface area contributed by atoms with E-state index in [1.165, 1.54) is 17.0 Å². The van der Waals surface area contributed by atoms with Crippen molar-refractivity contribution in [2.24, 2.45) is 0 Å². The first kappa shape index (κ1) is 26.9. The van der Waals surface area contributed by atoms with Crippen LogP contribution in [0.5, 0.6) is 0 Å². The van der Waals surface area contributed by atoms with Crippen molar-refractivity contribution < 1.29 is 18.0 Å². The summed E-state index contributed by atoms with van der Waals surface area (Å²) in [7, 11) is -4.05. The van der Waals surface area contributed by atoms with E-state index in [1.54, 1.807) is 43.3 Å². The predicted octanol–water partition coefficient (Wildman–Crippen LogP) is 4.05. The number of carbonyl (C=O) groups excluding carboxylic acids is 2. The molecule has 0 radical (unpaired) electrons. The van der Waals surface area contributed by atoms with Gasteiger partial charge in [0.1, 0.15) is 12.6 Å². The fourth-order valence-corrected chi connectivity index (χ4v) is 5.33. The SMILES string of the molecule is CCNC(=O)C(C)N(Cc1ccccc1C)C(=O)CN(c1cccc(C)c1)S(=O)(=O)c1ccccc1. The van der Waals surface area contributed by atoms with Gasteiger partial charge in [-0.15, -0.1) is 0 Å². The molecule has 190 valence electrons. The number of aryl methyl sites for hydroxylation is 2. The van der Waals surface area contributed by atoms with Crippen LogP contribution in [0.4, 0.5) is 5.69 Å². The molecule has 0 aliphatic heterocycles. The van der Waals surface area contributed by atoms with Crippen LogP contribution in [0, 0.1) is 13.8 Å². The van der Waals surface area contributed by atoms with Crippen molar-refractivity contribution in [3.8, 4) is 0 Å². The fourth-order valence-electron chi connectivity index (χ4n) is 3.91. The fraction of sp³-hybridized carbons (Fsp3) is 0.286. The third-order valence-electron chi connectivity index (χ3n) is 6.02. The molecule has 0 saturated heterocycles. The van der Waals surface area contributed by atoms with Gasteiger partial charge in [0.2, 0.25) is 11.8 Å². The highest BCUT2D eigenvalue weighted by Gasteiger charge is 2.32. The minimum atomic E-state index is -4.05. The monoisotopic (exact) mass is 507 g/mol. The molecule has 0 aromatic heterocycles. The van der Waals surface area contributed by atoms with Gasteiger partial charge in [0.15, 0.2) is 0 Å². The third-order valence-corrected chi connectivity index (χ3v) is 7.81. The standard InChI is InChI=1S/C28H33N3O4S/c1-5-29-28(33)23(4)30(19-24-14-10-9-13-22(24)3)27(32)20-31(25-15-11-12-21(2)18-25)36(34,35)26-16-7-6-8-17-26/h6-18,23H,5,19-20H2,1-4H3,(H,29,33). The number of nitrogens with zero attached hydrogens (tertiary/aromatic N) is 2. The molecule has 7 nitrogen and oxygen atoms in total. The Kier molecular flexibility index (Phi) is 8.88. The molecule has 0 saturated carbocycles. The zero-order valence-electron chi connectivity index (χ0n) is 21.1. The van der Waals surface area contributed by atoms with Gasteiger partial charge in [0, 0.05) is 13.1 Å². The Balaban J connectivity index is 2.03. The molecule has 1 unspecified atom stereocenters. The van der Waals surface area contributed by atoms with Gasteiger partial charge in [-0.05, 0) is 68.7 Å². The van der Waals surface area contributed by atoms with Crippen LogP contribution in [-0.2, 0) is 26.2 Å². The molecule has 36 heavy (non-hydrogen) atoms. The van der Waals surface area contributed by atoms with Crippen LogP contribution < -0.4 is 9.62 Å². The lowest BCUT2D eigenvalue weighted by atomic mass is 10.1. The second kappa shape index (κ2) is 11.9. The molecule has 3 rings (SSSR count). The number of amides is 2. The van der Waals surface area contributed by atoms with E-state index < -0.39 is 28.5 Å². The summed E-state index contributed by atoms with van der Waals surface area (Å²) in [6.07, 6.45) is 0. The van der Waals surface area contributed by atoms with Gasteiger partial charge in [0.05, 0.1) is 10.6 Å². The molecule has 1 atom stereocenters. The van der Waals surface area contributed by atoms with Gasteiger partial charge < -0.3 is 10.2 Å². The van der Waals surface area contributed by atoms with Crippen molar-refractivity contribution in [1.29, 1.82) is 0 Å². The van der Waals surface area contributed by atoms with Crippen LogP contribution in [0.1, 0.15) is 30.5 Å². The lowest BCUT2D eigenvalue weighted by molar-refractivity contribution is -0.139. The average Bonchev–Trinajstić information content (AvgIpc) is 2.86. The molecule has 0 aliphatic rings.